The van der Waals surface area contributed by atoms with Gasteiger partial charge in [-0.3, -0.25) is 20.2 Å². The number of carboxylic acid groups (broad SMARTS) is 2. The Hall–Kier alpha value is -1.22. The Labute approximate surface area is 104 Å². The van der Waals surface area contributed by atoms with E-state index in [9.17, 15) is 9.59 Å². The average molecular weight is 262 g/mol. The van der Waals surface area contributed by atoms with Gasteiger partial charge in [-0.1, -0.05) is 0 Å². The first-order chi connectivity index (χ1) is 8.40. The lowest BCUT2D eigenvalue weighted by Crippen LogP contribution is -2.34. The molecule has 2 heterocycles. The minimum atomic E-state index is -0.883. The topological polar surface area (TPSA) is 139 Å². The zero-order valence-electron chi connectivity index (χ0n) is 9.74. The minimum Gasteiger partial charge on any atom is -0.480 e. The van der Waals surface area contributed by atoms with Crippen molar-refractivity contribution in [2.45, 2.75) is 50.2 Å². The lowest BCUT2D eigenvalue weighted by Gasteiger charge is -2.03. The van der Waals surface area contributed by atoms with E-state index in [1.807, 2.05) is 0 Å². The van der Waals surface area contributed by atoms with Gasteiger partial charge in [0.25, 0.3) is 0 Å². The summed E-state index contributed by atoms with van der Waals surface area (Å²) < 4.78 is 0. The molecule has 2 aliphatic heterocycles. The summed E-state index contributed by atoms with van der Waals surface area (Å²) >= 11 is 0. The molecule has 0 aromatic carbocycles. The van der Waals surface area contributed by atoms with Gasteiger partial charge in [-0.05, 0) is 25.7 Å². The van der Waals surface area contributed by atoms with Gasteiger partial charge in [-0.15, -0.1) is 0 Å². The second-order valence-electron chi connectivity index (χ2n) is 4.30. The lowest BCUT2D eigenvalue weighted by molar-refractivity contribution is -0.140. The van der Waals surface area contributed by atoms with E-state index < -0.39 is 36.5 Å². The minimum absolute atomic E-state index is 0.524. The van der Waals surface area contributed by atoms with Crippen molar-refractivity contribution < 1.29 is 30.0 Å². The van der Waals surface area contributed by atoms with Gasteiger partial charge in [0.2, 0.25) is 0 Å². The fourth-order valence-corrected chi connectivity index (χ4v) is 1.84. The Morgan fingerprint density at radius 3 is 1.22 bits per heavy atom. The molecule has 0 aromatic heterocycles. The van der Waals surface area contributed by atoms with E-state index in [1.165, 1.54) is 0 Å². The number of carbonyl (C=O) groups is 2. The van der Waals surface area contributed by atoms with Crippen LogP contribution in [0.1, 0.15) is 25.7 Å². The van der Waals surface area contributed by atoms with Crippen LogP contribution in [0.2, 0.25) is 0 Å². The van der Waals surface area contributed by atoms with Crippen molar-refractivity contribution >= 4 is 11.9 Å². The first-order valence-corrected chi connectivity index (χ1v) is 5.74. The summed E-state index contributed by atoms with van der Waals surface area (Å²) in [5.41, 5.74) is 0. The molecule has 2 saturated heterocycles. The third-order valence-electron chi connectivity index (χ3n) is 2.84. The molecule has 2 rings (SSSR count). The van der Waals surface area contributed by atoms with Crippen LogP contribution in [-0.4, -0.2) is 56.9 Å². The monoisotopic (exact) mass is 262 g/mol. The molecule has 8 nitrogen and oxygen atoms in total. The highest BCUT2D eigenvalue weighted by Gasteiger charge is 2.27. The molecule has 4 unspecified atom stereocenters. The quantitative estimate of drug-likeness (QED) is 0.345. The smallest absolute Gasteiger partial charge is 0.320 e. The van der Waals surface area contributed by atoms with Gasteiger partial charge in [0.05, 0.1) is 0 Å². The van der Waals surface area contributed by atoms with Crippen LogP contribution in [0.4, 0.5) is 0 Å². The molecule has 0 aliphatic carbocycles. The first-order valence-electron chi connectivity index (χ1n) is 5.74. The molecule has 4 atom stereocenters. The number of carboxylic acids is 2. The Morgan fingerprint density at radius 1 is 0.778 bits per heavy atom. The summed E-state index contributed by atoms with van der Waals surface area (Å²) in [4.78, 5) is 20.3. The second kappa shape index (κ2) is 6.64. The number of hydrogen-bond donors (Lipinski definition) is 6. The van der Waals surface area contributed by atoms with Gasteiger partial charge >= 0.3 is 11.9 Å². The van der Waals surface area contributed by atoms with Gasteiger partial charge < -0.3 is 20.4 Å². The molecule has 6 N–H and O–H groups in total. The summed E-state index contributed by atoms with van der Waals surface area (Å²) in [6, 6.07) is -1.08. The summed E-state index contributed by atoms with van der Waals surface area (Å²) in [6.07, 6.45) is 0.887. The highest BCUT2D eigenvalue weighted by molar-refractivity contribution is 5.74. The lowest BCUT2D eigenvalue weighted by atomic mass is 10.2. The highest BCUT2D eigenvalue weighted by Crippen LogP contribution is 2.09. The van der Waals surface area contributed by atoms with Crippen molar-refractivity contribution in [3.63, 3.8) is 0 Å². The maximum Gasteiger partial charge on any atom is 0.320 e. The molecule has 0 spiro atoms. The molecule has 2 fully saturated rings. The molecule has 0 amide bonds. The molecule has 18 heavy (non-hydrogen) atoms. The van der Waals surface area contributed by atoms with Crippen LogP contribution < -0.4 is 10.6 Å². The summed E-state index contributed by atoms with van der Waals surface area (Å²) in [6.45, 7) is 0. The Morgan fingerprint density at radius 2 is 1.11 bits per heavy atom. The zero-order chi connectivity index (χ0) is 13.7. The van der Waals surface area contributed by atoms with Gasteiger partial charge in [-0.25, -0.2) is 0 Å². The maximum absolute atomic E-state index is 10.2. The summed E-state index contributed by atoms with van der Waals surface area (Å²) in [5, 5.41) is 39.3. The van der Waals surface area contributed by atoms with E-state index in [4.69, 9.17) is 20.4 Å². The SMILES string of the molecule is O=C(O)C1CCC(O)N1.O=C(O)C1CCC(O)N1. The van der Waals surface area contributed by atoms with Crippen LogP contribution in [0.3, 0.4) is 0 Å². The van der Waals surface area contributed by atoms with E-state index in [1.54, 1.807) is 0 Å². The van der Waals surface area contributed by atoms with E-state index in [0.29, 0.717) is 25.7 Å². The van der Waals surface area contributed by atoms with Crippen molar-refractivity contribution in [2.75, 3.05) is 0 Å². The van der Waals surface area contributed by atoms with Crippen LogP contribution >= 0.6 is 0 Å². The van der Waals surface area contributed by atoms with Gasteiger partial charge in [-0.2, -0.15) is 0 Å². The molecule has 0 radical (unpaired) electrons. The molecule has 2 aliphatic rings. The Bertz CT molecular complexity index is 281. The molecule has 104 valence electrons. The van der Waals surface area contributed by atoms with Crippen molar-refractivity contribution in [3.05, 3.63) is 0 Å². The first kappa shape index (κ1) is 14.8. The van der Waals surface area contributed by atoms with Crippen molar-refractivity contribution in [1.82, 2.24) is 10.6 Å². The van der Waals surface area contributed by atoms with E-state index in [2.05, 4.69) is 10.6 Å². The predicted octanol–water partition coefficient (Wildman–Crippen LogP) is -1.72. The highest BCUT2D eigenvalue weighted by atomic mass is 16.4. The molecule has 0 saturated carbocycles. The van der Waals surface area contributed by atoms with E-state index >= 15 is 0 Å². The molecular formula is C10H18N2O6. The second-order valence-corrected chi connectivity index (χ2v) is 4.30. The number of aliphatic hydroxyl groups excluding tert-OH is 2. The van der Waals surface area contributed by atoms with Crippen molar-refractivity contribution in [3.8, 4) is 0 Å². The van der Waals surface area contributed by atoms with Crippen LogP contribution in [0.15, 0.2) is 0 Å². The summed E-state index contributed by atoms with van der Waals surface area (Å²) in [7, 11) is 0. The Kier molecular flexibility index (Phi) is 5.48. The van der Waals surface area contributed by atoms with Crippen LogP contribution in [0, 0.1) is 0 Å². The largest absolute Gasteiger partial charge is 0.480 e. The fourth-order valence-electron chi connectivity index (χ4n) is 1.84. The van der Waals surface area contributed by atoms with Gasteiger partial charge in [0.1, 0.15) is 24.5 Å². The predicted molar refractivity (Wildman–Crippen MR) is 59.6 cm³/mol. The number of hydrogen-bond acceptors (Lipinski definition) is 6. The third kappa shape index (κ3) is 4.57. The zero-order valence-corrected chi connectivity index (χ0v) is 9.74. The Balaban J connectivity index is 0.000000180. The van der Waals surface area contributed by atoms with Crippen LogP contribution in [0.25, 0.3) is 0 Å². The van der Waals surface area contributed by atoms with Crippen molar-refractivity contribution in [2.24, 2.45) is 0 Å². The molecule has 0 bridgehead atoms. The number of rotatable bonds is 2. The van der Waals surface area contributed by atoms with Crippen LogP contribution in [-0.2, 0) is 9.59 Å². The van der Waals surface area contributed by atoms with Gasteiger partial charge in [0, 0.05) is 0 Å². The molecular weight excluding hydrogens is 244 g/mol. The van der Waals surface area contributed by atoms with E-state index in [-0.39, 0.29) is 0 Å². The van der Waals surface area contributed by atoms with Crippen molar-refractivity contribution in [1.29, 1.82) is 0 Å². The number of nitrogens with one attached hydrogen (secondary N) is 2. The normalized spacial score (nSPS) is 34.8. The molecule has 0 aromatic rings. The number of aliphatic hydroxyl groups is 2. The molecule has 8 heteroatoms. The van der Waals surface area contributed by atoms with Crippen LogP contribution in [0.5, 0.6) is 0 Å². The van der Waals surface area contributed by atoms with Gasteiger partial charge in [0.15, 0.2) is 0 Å². The standard InChI is InChI=1S/2C5H9NO3/c2*7-4-2-1-3(6-4)5(8)9/h2*3-4,6-7H,1-2H2,(H,8,9). The third-order valence-corrected chi connectivity index (χ3v) is 2.84. The maximum atomic E-state index is 10.2. The fraction of sp³-hybridized carbons (Fsp3) is 0.800. The van der Waals surface area contributed by atoms with E-state index in [0.717, 1.165) is 0 Å². The summed E-state index contributed by atoms with van der Waals surface area (Å²) in [5.74, 6) is -1.77. The average Bonchev–Trinajstić information content (AvgIpc) is 2.88. The number of aliphatic carboxylic acids is 2.